The largest absolute Gasteiger partial charge is 0.140 e. The summed E-state index contributed by atoms with van der Waals surface area (Å²) in [6.07, 6.45) is 1.04. The first-order valence-corrected chi connectivity index (χ1v) is 8.33. The standard InChI is InChI=1S/C20H22S/c1-14-17-13-16(20(2,3)4)10-11-18(17)21-19(14)12-15-8-6-5-7-9-15/h5-11,13H,12H2,1-4H3. The molecule has 1 heteroatoms. The molecule has 0 amide bonds. The van der Waals surface area contributed by atoms with Crippen LogP contribution in [0.4, 0.5) is 0 Å². The van der Waals surface area contributed by atoms with Gasteiger partial charge in [-0.25, -0.2) is 0 Å². The molecule has 1 heterocycles. The summed E-state index contributed by atoms with van der Waals surface area (Å²) in [7, 11) is 0. The summed E-state index contributed by atoms with van der Waals surface area (Å²) in [6, 6.07) is 17.7. The maximum atomic E-state index is 2.38. The monoisotopic (exact) mass is 294 g/mol. The Labute approximate surface area is 131 Å². The molecule has 0 unspecified atom stereocenters. The predicted octanol–water partition coefficient (Wildman–Crippen LogP) is 6.10. The molecular weight excluding hydrogens is 272 g/mol. The third kappa shape index (κ3) is 2.89. The van der Waals surface area contributed by atoms with Crippen LogP contribution in [0.25, 0.3) is 10.1 Å². The highest BCUT2D eigenvalue weighted by molar-refractivity contribution is 7.19. The molecule has 0 radical (unpaired) electrons. The summed E-state index contributed by atoms with van der Waals surface area (Å²) in [6.45, 7) is 9.10. The van der Waals surface area contributed by atoms with E-state index in [1.807, 2.05) is 11.3 Å². The van der Waals surface area contributed by atoms with Gasteiger partial charge in [0, 0.05) is 16.0 Å². The van der Waals surface area contributed by atoms with Gasteiger partial charge < -0.3 is 0 Å². The van der Waals surface area contributed by atoms with Crippen molar-refractivity contribution in [1.29, 1.82) is 0 Å². The van der Waals surface area contributed by atoms with E-state index < -0.39 is 0 Å². The summed E-state index contributed by atoms with van der Waals surface area (Å²) >= 11 is 1.94. The molecule has 0 saturated heterocycles. The maximum absolute atomic E-state index is 2.38. The molecule has 0 aliphatic carbocycles. The first-order valence-electron chi connectivity index (χ1n) is 7.51. The van der Waals surface area contributed by atoms with Crippen molar-refractivity contribution in [2.24, 2.45) is 0 Å². The second kappa shape index (κ2) is 5.31. The molecule has 0 saturated carbocycles. The van der Waals surface area contributed by atoms with E-state index in [-0.39, 0.29) is 5.41 Å². The molecule has 0 atom stereocenters. The summed E-state index contributed by atoms with van der Waals surface area (Å²) in [4.78, 5) is 1.49. The Balaban J connectivity index is 2.04. The Morgan fingerprint density at radius 1 is 0.952 bits per heavy atom. The van der Waals surface area contributed by atoms with Crippen LogP contribution in [-0.2, 0) is 11.8 Å². The lowest BCUT2D eigenvalue weighted by molar-refractivity contribution is 0.591. The van der Waals surface area contributed by atoms with Gasteiger partial charge in [0.2, 0.25) is 0 Å². The van der Waals surface area contributed by atoms with Crippen molar-refractivity contribution < 1.29 is 0 Å². The second-order valence-electron chi connectivity index (χ2n) is 6.77. The van der Waals surface area contributed by atoms with Crippen LogP contribution in [0.15, 0.2) is 48.5 Å². The number of hydrogen-bond donors (Lipinski definition) is 0. The number of thiophene rings is 1. The van der Waals surface area contributed by atoms with E-state index in [0.29, 0.717) is 0 Å². The van der Waals surface area contributed by atoms with Crippen LogP contribution < -0.4 is 0 Å². The van der Waals surface area contributed by atoms with E-state index in [0.717, 1.165) is 6.42 Å². The smallest absolute Gasteiger partial charge is 0.0348 e. The number of hydrogen-bond acceptors (Lipinski definition) is 1. The van der Waals surface area contributed by atoms with Crippen LogP contribution in [0.1, 0.15) is 42.3 Å². The first kappa shape index (κ1) is 14.3. The zero-order chi connectivity index (χ0) is 15.0. The van der Waals surface area contributed by atoms with Gasteiger partial charge in [0.15, 0.2) is 0 Å². The van der Waals surface area contributed by atoms with Gasteiger partial charge >= 0.3 is 0 Å². The topological polar surface area (TPSA) is 0 Å². The van der Waals surface area contributed by atoms with Gasteiger partial charge in [0.25, 0.3) is 0 Å². The molecule has 0 N–H and O–H groups in total. The average molecular weight is 294 g/mol. The third-order valence-corrected chi connectivity index (χ3v) is 5.38. The molecule has 3 aromatic rings. The van der Waals surface area contributed by atoms with Crippen molar-refractivity contribution in [2.45, 2.75) is 39.5 Å². The molecule has 0 aliphatic heterocycles. The zero-order valence-electron chi connectivity index (χ0n) is 13.2. The van der Waals surface area contributed by atoms with Gasteiger partial charge in [0.05, 0.1) is 0 Å². The fourth-order valence-corrected chi connectivity index (χ4v) is 3.91. The van der Waals surface area contributed by atoms with Crippen LogP contribution in [-0.4, -0.2) is 0 Å². The molecule has 21 heavy (non-hydrogen) atoms. The molecule has 1 aromatic heterocycles. The highest BCUT2D eigenvalue weighted by atomic mass is 32.1. The number of rotatable bonds is 2. The molecule has 0 fully saturated rings. The van der Waals surface area contributed by atoms with Crippen LogP contribution in [0.5, 0.6) is 0 Å². The van der Waals surface area contributed by atoms with Crippen molar-refractivity contribution in [3.63, 3.8) is 0 Å². The number of aryl methyl sites for hydroxylation is 1. The zero-order valence-corrected chi connectivity index (χ0v) is 14.1. The van der Waals surface area contributed by atoms with Crippen LogP contribution in [0.3, 0.4) is 0 Å². The van der Waals surface area contributed by atoms with Gasteiger partial charge in [-0.15, -0.1) is 11.3 Å². The molecule has 2 aromatic carbocycles. The lowest BCUT2D eigenvalue weighted by Gasteiger charge is -2.19. The molecule has 0 aliphatic rings. The first-order chi connectivity index (χ1) is 9.95. The van der Waals surface area contributed by atoms with Crippen molar-refractivity contribution in [3.05, 3.63) is 70.1 Å². The Kier molecular flexibility index (Phi) is 3.62. The Morgan fingerprint density at radius 3 is 2.33 bits per heavy atom. The fraction of sp³-hybridized carbons (Fsp3) is 0.300. The quantitative estimate of drug-likeness (QED) is 0.536. The van der Waals surface area contributed by atoms with E-state index in [4.69, 9.17) is 0 Å². The molecule has 0 spiro atoms. The minimum absolute atomic E-state index is 0.210. The Bertz CT molecular complexity index is 758. The molecule has 108 valence electrons. The number of benzene rings is 2. The third-order valence-electron chi connectivity index (χ3n) is 4.11. The van der Waals surface area contributed by atoms with Gasteiger partial charge in [-0.3, -0.25) is 0 Å². The SMILES string of the molecule is Cc1c(Cc2ccccc2)sc2ccc(C(C)(C)C)cc12. The van der Waals surface area contributed by atoms with Gasteiger partial charge in [-0.2, -0.15) is 0 Å². The highest BCUT2D eigenvalue weighted by Crippen LogP contribution is 2.35. The normalized spacial score (nSPS) is 12.0. The van der Waals surface area contributed by atoms with Crippen molar-refractivity contribution >= 4 is 21.4 Å². The second-order valence-corrected chi connectivity index (χ2v) is 7.91. The maximum Gasteiger partial charge on any atom is 0.0348 e. The molecule has 0 nitrogen and oxygen atoms in total. The van der Waals surface area contributed by atoms with E-state index in [2.05, 4.69) is 76.2 Å². The van der Waals surface area contributed by atoms with Gasteiger partial charge in [-0.05, 0) is 46.5 Å². The van der Waals surface area contributed by atoms with E-state index in [1.54, 1.807) is 0 Å². The molecular formula is C20H22S. The minimum atomic E-state index is 0.210. The lowest BCUT2D eigenvalue weighted by atomic mass is 9.86. The summed E-state index contributed by atoms with van der Waals surface area (Å²) in [5.41, 5.74) is 4.47. The van der Waals surface area contributed by atoms with Gasteiger partial charge in [-0.1, -0.05) is 57.2 Å². The lowest BCUT2D eigenvalue weighted by Crippen LogP contribution is -2.10. The van der Waals surface area contributed by atoms with Crippen LogP contribution >= 0.6 is 11.3 Å². The van der Waals surface area contributed by atoms with Crippen molar-refractivity contribution in [3.8, 4) is 0 Å². The van der Waals surface area contributed by atoms with Crippen molar-refractivity contribution in [1.82, 2.24) is 0 Å². The number of fused-ring (bicyclic) bond motifs is 1. The van der Waals surface area contributed by atoms with E-state index in [1.165, 1.54) is 31.7 Å². The average Bonchev–Trinajstić information content (AvgIpc) is 2.75. The molecule has 0 bridgehead atoms. The van der Waals surface area contributed by atoms with Crippen molar-refractivity contribution in [2.75, 3.05) is 0 Å². The molecule has 3 rings (SSSR count). The van der Waals surface area contributed by atoms with E-state index in [9.17, 15) is 0 Å². The summed E-state index contributed by atoms with van der Waals surface area (Å²) in [5, 5.41) is 1.43. The predicted molar refractivity (Wildman–Crippen MR) is 94.5 cm³/mol. The van der Waals surface area contributed by atoms with Gasteiger partial charge in [0.1, 0.15) is 0 Å². The van der Waals surface area contributed by atoms with E-state index >= 15 is 0 Å². The van der Waals surface area contributed by atoms with Crippen LogP contribution in [0, 0.1) is 6.92 Å². The Morgan fingerprint density at radius 2 is 1.67 bits per heavy atom. The highest BCUT2D eigenvalue weighted by Gasteiger charge is 2.16. The summed E-state index contributed by atoms with van der Waals surface area (Å²) < 4.78 is 1.41. The fourth-order valence-electron chi connectivity index (χ4n) is 2.69. The minimum Gasteiger partial charge on any atom is -0.140 e. The summed E-state index contributed by atoms with van der Waals surface area (Å²) in [5.74, 6) is 0. The van der Waals surface area contributed by atoms with Crippen LogP contribution in [0.2, 0.25) is 0 Å². The Hall–Kier alpha value is -1.60.